The molecule has 2 heterocycles. The summed E-state index contributed by atoms with van der Waals surface area (Å²) in [6.07, 6.45) is 1.75. The summed E-state index contributed by atoms with van der Waals surface area (Å²) >= 11 is 7.59. The topological polar surface area (TPSA) is 44.9 Å². The number of fused-ring (bicyclic) bond motifs is 2. The van der Waals surface area contributed by atoms with Crippen LogP contribution in [0.1, 0.15) is 0 Å². The van der Waals surface area contributed by atoms with Crippen LogP contribution in [0.3, 0.4) is 0 Å². The number of pyridine rings is 1. The summed E-state index contributed by atoms with van der Waals surface area (Å²) in [6, 6.07) is 15.4. The van der Waals surface area contributed by atoms with Gasteiger partial charge in [0.15, 0.2) is 0 Å². The van der Waals surface area contributed by atoms with E-state index in [1.54, 1.807) is 30.1 Å². The predicted molar refractivity (Wildman–Crippen MR) is 98.6 cm³/mol. The van der Waals surface area contributed by atoms with E-state index in [0.29, 0.717) is 10.6 Å². The minimum Gasteiger partial charge on any atom is -0.353 e. The smallest absolute Gasteiger partial charge is 0.258 e. The van der Waals surface area contributed by atoms with Crippen LogP contribution in [0.5, 0.6) is 0 Å². The van der Waals surface area contributed by atoms with Crippen LogP contribution in [-0.4, -0.2) is 4.98 Å². The molecule has 0 aliphatic carbocycles. The third-order valence-electron chi connectivity index (χ3n) is 3.56. The average molecular weight is 363 g/mol. The molecule has 3 aromatic rings. The van der Waals surface area contributed by atoms with Crippen LogP contribution in [0.2, 0.25) is 5.02 Å². The zero-order valence-electron chi connectivity index (χ0n) is 11.8. The van der Waals surface area contributed by atoms with Gasteiger partial charge in [-0.2, -0.15) is 0 Å². The molecule has 0 saturated carbocycles. The Morgan fingerprint density at radius 2 is 1.70 bits per heavy atom. The molecule has 0 unspecified atom stereocenters. The number of H-pyrrole nitrogens is 1. The maximum absolute atomic E-state index is 12.4. The molecule has 6 heteroatoms. The number of hydrogen-bond acceptors (Lipinski definition) is 3. The molecule has 2 N–H and O–H groups in total. The molecule has 23 heavy (non-hydrogen) atoms. The van der Waals surface area contributed by atoms with Crippen LogP contribution >= 0.6 is 35.8 Å². The maximum atomic E-state index is 12.4. The first-order chi connectivity index (χ1) is 10.7. The highest BCUT2D eigenvalue weighted by molar-refractivity contribution is 7.99. The molecule has 1 aliphatic rings. The third kappa shape index (κ3) is 2.85. The fourth-order valence-corrected chi connectivity index (χ4v) is 3.63. The summed E-state index contributed by atoms with van der Waals surface area (Å²) in [5.41, 5.74) is 3.22. The summed E-state index contributed by atoms with van der Waals surface area (Å²) in [5, 5.41) is 4.04. The number of benzene rings is 2. The minimum absolute atomic E-state index is 0. The molecular weight excluding hydrogens is 351 g/mol. The van der Waals surface area contributed by atoms with E-state index in [9.17, 15) is 4.79 Å². The molecular formula is C17H12Cl2N2OS. The Balaban J connectivity index is 0.00000156. The number of para-hydroxylation sites is 1. The van der Waals surface area contributed by atoms with Crippen LogP contribution in [-0.2, 0) is 0 Å². The summed E-state index contributed by atoms with van der Waals surface area (Å²) in [6.45, 7) is 0. The molecule has 4 rings (SSSR count). The highest BCUT2D eigenvalue weighted by Gasteiger charge is 2.21. The fraction of sp³-hybridized carbons (Fsp3) is 0. The van der Waals surface area contributed by atoms with Crippen molar-refractivity contribution in [3.63, 3.8) is 0 Å². The summed E-state index contributed by atoms with van der Waals surface area (Å²) in [7, 11) is 0. The average Bonchev–Trinajstić information content (AvgIpc) is 2.54. The molecule has 2 aromatic carbocycles. The molecule has 0 spiro atoms. The van der Waals surface area contributed by atoms with Gasteiger partial charge in [-0.25, -0.2) is 0 Å². The molecule has 116 valence electrons. The van der Waals surface area contributed by atoms with Gasteiger partial charge in [-0.1, -0.05) is 47.6 Å². The first-order valence-electron chi connectivity index (χ1n) is 6.78. The number of nitrogens with one attached hydrogen (secondary N) is 2. The largest absolute Gasteiger partial charge is 0.353 e. The van der Waals surface area contributed by atoms with E-state index < -0.39 is 0 Å². The summed E-state index contributed by atoms with van der Waals surface area (Å²) in [5.74, 6) is 0. The molecule has 0 fully saturated rings. The molecule has 3 nitrogen and oxygen atoms in total. The Morgan fingerprint density at radius 1 is 0.957 bits per heavy atom. The van der Waals surface area contributed by atoms with Crippen molar-refractivity contribution in [3.05, 3.63) is 70.1 Å². The summed E-state index contributed by atoms with van der Waals surface area (Å²) in [4.78, 5) is 17.3. The van der Waals surface area contributed by atoms with Crippen molar-refractivity contribution in [2.45, 2.75) is 9.79 Å². The van der Waals surface area contributed by atoms with Gasteiger partial charge in [0, 0.05) is 16.1 Å². The van der Waals surface area contributed by atoms with Crippen LogP contribution in [0.4, 0.5) is 11.4 Å². The molecule has 0 atom stereocenters. The molecule has 1 aromatic heterocycles. The monoisotopic (exact) mass is 362 g/mol. The van der Waals surface area contributed by atoms with Crippen LogP contribution in [0.25, 0.3) is 11.1 Å². The highest BCUT2D eigenvalue weighted by Crippen LogP contribution is 2.46. The number of aromatic nitrogens is 1. The third-order valence-corrected chi connectivity index (χ3v) is 4.93. The van der Waals surface area contributed by atoms with Gasteiger partial charge >= 0.3 is 0 Å². The number of anilines is 2. The lowest BCUT2D eigenvalue weighted by Crippen LogP contribution is -2.14. The van der Waals surface area contributed by atoms with Crippen molar-refractivity contribution in [1.82, 2.24) is 4.98 Å². The van der Waals surface area contributed by atoms with Gasteiger partial charge in [0.2, 0.25) is 0 Å². The van der Waals surface area contributed by atoms with Crippen molar-refractivity contribution >= 4 is 47.1 Å². The van der Waals surface area contributed by atoms with Gasteiger partial charge < -0.3 is 10.3 Å². The van der Waals surface area contributed by atoms with E-state index in [2.05, 4.69) is 16.4 Å². The Labute approximate surface area is 148 Å². The van der Waals surface area contributed by atoms with E-state index in [4.69, 9.17) is 11.6 Å². The zero-order valence-corrected chi connectivity index (χ0v) is 14.2. The molecule has 0 radical (unpaired) electrons. The van der Waals surface area contributed by atoms with Crippen molar-refractivity contribution < 1.29 is 0 Å². The molecule has 1 aliphatic heterocycles. The van der Waals surface area contributed by atoms with Crippen LogP contribution < -0.4 is 10.9 Å². The number of hydrogen-bond donors (Lipinski definition) is 2. The molecule has 0 saturated heterocycles. The van der Waals surface area contributed by atoms with Crippen LogP contribution in [0.15, 0.2) is 69.3 Å². The lowest BCUT2D eigenvalue weighted by Gasteiger charge is -2.22. The lowest BCUT2D eigenvalue weighted by atomic mass is 10.1. The standard InChI is InChI=1S/C17H11ClN2OS.ClH/c18-11-7-5-10(6-8-11)15-16-14(9-19-17(15)21)22-13-4-2-1-3-12(13)20-16;/h1-9,20H,(H,19,21);1H. The first-order valence-corrected chi connectivity index (χ1v) is 7.97. The highest BCUT2D eigenvalue weighted by atomic mass is 35.5. The lowest BCUT2D eigenvalue weighted by molar-refractivity contribution is 1.16. The van der Waals surface area contributed by atoms with E-state index in [1.807, 2.05) is 30.3 Å². The van der Waals surface area contributed by atoms with E-state index >= 15 is 0 Å². The van der Waals surface area contributed by atoms with Gasteiger partial charge in [0.25, 0.3) is 5.56 Å². The second-order valence-electron chi connectivity index (χ2n) is 4.96. The maximum Gasteiger partial charge on any atom is 0.258 e. The first kappa shape index (κ1) is 16.0. The minimum atomic E-state index is -0.117. The van der Waals surface area contributed by atoms with E-state index in [-0.39, 0.29) is 18.0 Å². The second-order valence-corrected chi connectivity index (χ2v) is 6.48. The summed E-state index contributed by atoms with van der Waals surface area (Å²) < 4.78 is 0. The Hall–Kier alpha value is -1.88. The number of halogens is 2. The van der Waals surface area contributed by atoms with Crippen molar-refractivity contribution in [2.24, 2.45) is 0 Å². The van der Waals surface area contributed by atoms with Crippen molar-refractivity contribution in [1.29, 1.82) is 0 Å². The van der Waals surface area contributed by atoms with E-state index in [0.717, 1.165) is 26.7 Å². The Morgan fingerprint density at radius 3 is 2.48 bits per heavy atom. The SMILES string of the molecule is Cl.O=c1[nH]cc2c(c1-c1ccc(Cl)cc1)Nc1ccccc1S2. The quantitative estimate of drug-likeness (QED) is 0.481. The van der Waals surface area contributed by atoms with Gasteiger partial charge in [0.05, 0.1) is 21.8 Å². The number of aromatic amines is 1. The van der Waals surface area contributed by atoms with Crippen molar-refractivity contribution in [3.8, 4) is 11.1 Å². The van der Waals surface area contributed by atoms with Crippen molar-refractivity contribution in [2.75, 3.05) is 5.32 Å². The van der Waals surface area contributed by atoms with Gasteiger partial charge in [0.1, 0.15) is 0 Å². The van der Waals surface area contributed by atoms with E-state index in [1.165, 1.54) is 0 Å². The predicted octanol–water partition coefficient (Wildman–Crippen LogP) is 5.33. The van der Waals surface area contributed by atoms with Gasteiger partial charge in [-0.15, -0.1) is 12.4 Å². The Kier molecular flexibility index (Phi) is 4.39. The van der Waals surface area contributed by atoms with Crippen LogP contribution in [0, 0.1) is 0 Å². The normalized spacial score (nSPS) is 11.7. The zero-order chi connectivity index (χ0) is 15.1. The molecule has 0 amide bonds. The second kappa shape index (κ2) is 6.32. The van der Waals surface area contributed by atoms with Gasteiger partial charge in [-0.05, 0) is 29.8 Å². The fourth-order valence-electron chi connectivity index (χ4n) is 2.52. The Bertz CT molecular complexity index is 923. The van der Waals surface area contributed by atoms with Gasteiger partial charge in [-0.3, -0.25) is 4.79 Å². The molecule has 0 bridgehead atoms. The number of rotatable bonds is 1.